The van der Waals surface area contributed by atoms with E-state index < -0.39 is 0 Å². The smallest absolute Gasteiger partial charge is 0.224 e. The summed E-state index contributed by atoms with van der Waals surface area (Å²) in [6.07, 6.45) is 3.90. The highest BCUT2D eigenvalue weighted by Gasteiger charge is 2.41. The standard InChI is InChI=1S/C16H24N2O/c1-12-3-4-14(9-13(12)2)10-15(19)18-11-16(5-6-16)7-8-17/h3-4,9H,5-8,10-11,17H2,1-2H3,(H,18,19). The maximum Gasteiger partial charge on any atom is 0.224 e. The number of rotatable bonds is 6. The predicted molar refractivity (Wildman–Crippen MR) is 78.0 cm³/mol. The molecule has 3 nitrogen and oxygen atoms in total. The minimum absolute atomic E-state index is 0.117. The van der Waals surface area contributed by atoms with Crippen LogP contribution in [0.5, 0.6) is 0 Å². The van der Waals surface area contributed by atoms with Crippen LogP contribution in [0.3, 0.4) is 0 Å². The molecule has 1 aromatic carbocycles. The molecule has 0 spiro atoms. The minimum atomic E-state index is 0.117. The molecule has 1 aromatic rings. The molecular weight excluding hydrogens is 236 g/mol. The van der Waals surface area contributed by atoms with Gasteiger partial charge in [-0.3, -0.25) is 4.79 Å². The van der Waals surface area contributed by atoms with Gasteiger partial charge in [0.1, 0.15) is 0 Å². The van der Waals surface area contributed by atoms with Crippen molar-refractivity contribution in [3.63, 3.8) is 0 Å². The molecule has 0 saturated heterocycles. The van der Waals surface area contributed by atoms with Crippen LogP contribution < -0.4 is 11.1 Å². The second-order valence-electron chi connectivity index (χ2n) is 5.91. The Morgan fingerprint density at radius 3 is 2.63 bits per heavy atom. The molecule has 2 rings (SSSR count). The third kappa shape index (κ3) is 3.80. The highest BCUT2D eigenvalue weighted by molar-refractivity contribution is 5.78. The number of benzene rings is 1. The first-order chi connectivity index (χ1) is 9.04. The Morgan fingerprint density at radius 2 is 2.05 bits per heavy atom. The maximum atomic E-state index is 11.9. The number of carbonyl (C=O) groups is 1. The molecular formula is C16H24N2O. The van der Waals surface area contributed by atoms with Crippen LogP contribution in [0.25, 0.3) is 0 Å². The molecule has 0 aliphatic heterocycles. The molecule has 0 heterocycles. The highest BCUT2D eigenvalue weighted by Crippen LogP contribution is 2.47. The summed E-state index contributed by atoms with van der Waals surface area (Å²) in [5.74, 6) is 0.117. The summed E-state index contributed by atoms with van der Waals surface area (Å²) in [5, 5.41) is 3.06. The summed E-state index contributed by atoms with van der Waals surface area (Å²) in [7, 11) is 0. The average molecular weight is 260 g/mol. The van der Waals surface area contributed by atoms with Crippen LogP contribution in [0.2, 0.25) is 0 Å². The molecule has 0 atom stereocenters. The van der Waals surface area contributed by atoms with Gasteiger partial charge in [0.05, 0.1) is 6.42 Å². The number of hydrogen-bond donors (Lipinski definition) is 2. The summed E-state index contributed by atoms with van der Waals surface area (Å²) >= 11 is 0. The molecule has 0 aromatic heterocycles. The van der Waals surface area contributed by atoms with Gasteiger partial charge in [0.2, 0.25) is 5.91 Å². The van der Waals surface area contributed by atoms with Gasteiger partial charge in [0, 0.05) is 6.54 Å². The lowest BCUT2D eigenvalue weighted by molar-refractivity contribution is -0.120. The molecule has 1 saturated carbocycles. The van der Waals surface area contributed by atoms with Crippen LogP contribution in [0, 0.1) is 19.3 Å². The van der Waals surface area contributed by atoms with Gasteiger partial charge in [0.15, 0.2) is 0 Å². The molecule has 1 aliphatic carbocycles. The maximum absolute atomic E-state index is 11.9. The Morgan fingerprint density at radius 1 is 1.32 bits per heavy atom. The van der Waals surface area contributed by atoms with E-state index in [2.05, 4.69) is 31.3 Å². The van der Waals surface area contributed by atoms with E-state index in [1.54, 1.807) is 0 Å². The first kappa shape index (κ1) is 14.1. The number of nitrogens with two attached hydrogens (primary N) is 1. The number of amides is 1. The van der Waals surface area contributed by atoms with Crippen LogP contribution in [0.4, 0.5) is 0 Å². The predicted octanol–water partition coefficient (Wildman–Crippen LogP) is 2.09. The summed E-state index contributed by atoms with van der Waals surface area (Å²) in [4.78, 5) is 11.9. The fourth-order valence-corrected chi connectivity index (χ4v) is 2.45. The Hall–Kier alpha value is -1.35. The van der Waals surface area contributed by atoms with Crippen LogP contribution >= 0.6 is 0 Å². The van der Waals surface area contributed by atoms with E-state index in [4.69, 9.17) is 5.73 Å². The fraction of sp³-hybridized carbons (Fsp3) is 0.562. The summed E-state index contributed by atoms with van der Waals surface area (Å²) in [6, 6.07) is 6.21. The Bertz CT molecular complexity index is 464. The normalized spacial score (nSPS) is 16.2. The van der Waals surface area contributed by atoms with E-state index in [9.17, 15) is 4.79 Å². The monoisotopic (exact) mass is 260 g/mol. The zero-order valence-corrected chi connectivity index (χ0v) is 12.0. The summed E-state index contributed by atoms with van der Waals surface area (Å²) in [6.45, 7) is 5.67. The van der Waals surface area contributed by atoms with Gasteiger partial charge in [-0.05, 0) is 61.8 Å². The van der Waals surface area contributed by atoms with Gasteiger partial charge < -0.3 is 11.1 Å². The second-order valence-corrected chi connectivity index (χ2v) is 5.91. The second kappa shape index (κ2) is 5.74. The van der Waals surface area contributed by atoms with Crippen LogP contribution in [-0.4, -0.2) is 19.0 Å². The van der Waals surface area contributed by atoms with Crippen molar-refractivity contribution in [1.82, 2.24) is 5.32 Å². The zero-order valence-electron chi connectivity index (χ0n) is 12.0. The SMILES string of the molecule is Cc1ccc(CC(=O)NCC2(CCN)CC2)cc1C. The molecule has 3 N–H and O–H groups in total. The Balaban J connectivity index is 1.82. The fourth-order valence-electron chi connectivity index (χ4n) is 2.45. The van der Waals surface area contributed by atoms with Crippen molar-refractivity contribution in [3.05, 3.63) is 34.9 Å². The van der Waals surface area contributed by atoms with Gasteiger partial charge >= 0.3 is 0 Å². The summed E-state index contributed by atoms with van der Waals surface area (Å²) < 4.78 is 0. The van der Waals surface area contributed by atoms with Crippen molar-refractivity contribution >= 4 is 5.91 Å². The van der Waals surface area contributed by atoms with Gasteiger partial charge in [0.25, 0.3) is 0 Å². The van der Waals surface area contributed by atoms with Crippen molar-refractivity contribution in [2.45, 2.75) is 39.5 Å². The lowest BCUT2D eigenvalue weighted by Crippen LogP contribution is -2.32. The van der Waals surface area contributed by atoms with Gasteiger partial charge in [-0.25, -0.2) is 0 Å². The van der Waals surface area contributed by atoms with E-state index in [-0.39, 0.29) is 5.91 Å². The van der Waals surface area contributed by atoms with Crippen LogP contribution in [0.1, 0.15) is 36.0 Å². The molecule has 0 unspecified atom stereocenters. The number of nitrogens with one attached hydrogen (secondary N) is 1. The summed E-state index contributed by atoms with van der Waals surface area (Å²) in [5.41, 5.74) is 9.51. The molecule has 3 heteroatoms. The largest absolute Gasteiger partial charge is 0.355 e. The van der Waals surface area contributed by atoms with Crippen LogP contribution in [-0.2, 0) is 11.2 Å². The average Bonchev–Trinajstić information content (AvgIpc) is 3.12. The zero-order chi connectivity index (χ0) is 13.9. The number of hydrogen-bond acceptors (Lipinski definition) is 2. The molecule has 1 amide bonds. The van der Waals surface area contributed by atoms with Crippen molar-refractivity contribution in [2.75, 3.05) is 13.1 Å². The van der Waals surface area contributed by atoms with Gasteiger partial charge in [-0.2, -0.15) is 0 Å². The van der Waals surface area contributed by atoms with E-state index in [0.29, 0.717) is 18.4 Å². The highest BCUT2D eigenvalue weighted by atomic mass is 16.1. The Kier molecular flexibility index (Phi) is 4.25. The van der Waals surface area contributed by atoms with Gasteiger partial charge in [-0.1, -0.05) is 18.2 Å². The van der Waals surface area contributed by atoms with E-state index in [0.717, 1.165) is 18.5 Å². The molecule has 0 radical (unpaired) electrons. The van der Waals surface area contributed by atoms with Crippen molar-refractivity contribution < 1.29 is 4.79 Å². The van der Waals surface area contributed by atoms with E-state index >= 15 is 0 Å². The quantitative estimate of drug-likeness (QED) is 0.823. The van der Waals surface area contributed by atoms with Gasteiger partial charge in [-0.15, -0.1) is 0 Å². The lowest BCUT2D eigenvalue weighted by atomic mass is 10.0. The van der Waals surface area contributed by atoms with Crippen LogP contribution in [0.15, 0.2) is 18.2 Å². The number of aryl methyl sites for hydroxylation is 2. The van der Waals surface area contributed by atoms with Crippen molar-refractivity contribution in [3.8, 4) is 0 Å². The topological polar surface area (TPSA) is 55.1 Å². The third-order valence-electron chi connectivity index (χ3n) is 4.23. The first-order valence-corrected chi connectivity index (χ1v) is 7.08. The minimum Gasteiger partial charge on any atom is -0.355 e. The lowest BCUT2D eigenvalue weighted by Gasteiger charge is -2.15. The number of carbonyl (C=O) groups excluding carboxylic acids is 1. The molecule has 19 heavy (non-hydrogen) atoms. The van der Waals surface area contributed by atoms with Crippen molar-refractivity contribution in [1.29, 1.82) is 0 Å². The van der Waals surface area contributed by atoms with Crippen molar-refractivity contribution in [2.24, 2.45) is 11.1 Å². The van der Waals surface area contributed by atoms with E-state index in [1.807, 2.05) is 6.07 Å². The third-order valence-corrected chi connectivity index (χ3v) is 4.23. The molecule has 1 aliphatic rings. The first-order valence-electron chi connectivity index (χ1n) is 7.08. The molecule has 104 valence electrons. The van der Waals surface area contributed by atoms with E-state index in [1.165, 1.54) is 24.0 Å². The molecule has 0 bridgehead atoms. The molecule has 1 fully saturated rings. The Labute approximate surface area is 115 Å².